The van der Waals surface area contributed by atoms with Gasteiger partial charge in [-0.25, -0.2) is 4.98 Å². The maximum atomic E-state index is 12.2. The molecule has 5 nitrogen and oxygen atoms in total. The number of hydrogen-bond donors (Lipinski definition) is 2. The van der Waals surface area contributed by atoms with Gasteiger partial charge < -0.3 is 11.1 Å². The molecule has 21 heavy (non-hydrogen) atoms. The van der Waals surface area contributed by atoms with Crippen LogP contribution in [0.5, 0.6) is 0 Å². The van der Waals surface area contributed by atoms with Crippen LogP contribution in [0.1, 0.15) is 37.9 Å². The lowest BCUT2D eigenvalue weighted by atomic mass is 10.1. The highest BCUT2D eigenvalue weighted by molar-refractivity contribution is 7.16. The van der Waals surface area contributed by atoms with Crippen molar-refractivity contribution in [1.29, 1.82) is 5.26 Å². The topological polar surface area (TPSA) is 91.8 Å². The van der Waals surface area contributed by atoms with Crippen LogP contribution in [0, 0.1) is 11.3 Å². The number of carbonyl (C=O) groups excluding carboxylic acids is 1. The molecule has 108 valence electrons. The molecule has 2 heterocycles. The highest BCUT2D eigenvalue weighted by Gasteiger charge is 2.23. The predicted molar refractivity (Wildman–Crippen MR) is 83.9 cm³/mol. The Morgan fingerprint density at radius 3 is 3.14 bits per heavy atom. The van der Waals surface area contributed by atoms with Gasteiger partial charge in [-0.2, -0.15) is 5.26 Å². The van der Waals surface area contributed by atoms with E-state index in [1.165, 1.54) is 27.6 Å². The Kier molecular flexibility index (Phi) is 4.01. The predicted octanol–water partition coefficient (Wildman–Crippen LogP) is 2.32. The highest BCUT2D eigenvalue weighted by atomic mass is 32.1. The number of nitriles is 1. The lowest BCUT2D eigenvalue weighted by Crippen LogP contribution is -2.12. The molecule has 7 heteroatoms. The van der Waals surface area contributed by atoms with Crippen molar-refractivity contribution in [2.45, 2.75) is 25.7 Å². The van der Waals surface area contributed by atoms with Crippen LogP contribution in [0.2, 0.25) is 0 Å². The van der Waals surface area contributed by atoms with Crippen molar-refractivity contribution in [2.24, 2.45) is 5.73 Å². The summed E-state index contributed by atoms with van der Waals surface area (Å²) in [6.07, 6.45) is 3.71. The summed E-state index contributed by atoms with van der Waals surface area (Å²) in [4.78, 5) is 17.7. The number of thiazole rings is 1. The van der Waals surface area contributed by atoms with E-state index in [1.807, 2.05) is 0 Å². The molecule has 3 rings (SSSR count). The van der Waals surface area contributed by atoms with Gasteiger partial charge in [-0.05, 0) is 31.4 Å². The number of nitrogens with two attached hydrogens (primary N) is 1. The van der Waals surface area contributed by atoms with Gasteiger partial charge in [-0.1, -0.05) is 0 Å². The van der Waals surface area contributed by atoms with Crippen LogP contribution in [0.3, 0.4) is 0 Å². The first-order valence-electron chi connectivity index (χ1n) is 6.73. The summed E-state index contributed by atoms with van der Waals surface area (Å²) in [6.45, 7) is 0.519. The van der Waals surface area contributed by atoms with Gasteiger partial charge in [0, 0.05) is 16.7 Å². The maximum Gasteiger partial charge on any atom is 0.275 e. The van der Waals surface area contributed by atoms with Crippen molar-refractivity contribution in [3.05, 3.63) is 32.1 Å². The maximum absolute atomic E-state index is 12.2. The highest BCUT2D eigenvalue weighted by Crippen LogP contribution is 2.38. The van der Waals surface area contributed by atoms with Crippen LogP contribution in [-0.2, 0) is 19.3 Å². The molecule has 1 aliphatic carbocycles. The molecule has 1 amide bonds. The molecule has 0 spiro atoms. The molecular formula is C14H14N4OS2. The van der Waals surface area contributed by atoms with Crippen LogP contribution in [0.4, 0.5) is 5.00 Å². The molecule has 3 N–H and O–H groups in total. The number of carbonyl (C=O) groups is 1. The van der Waals surface area contributed by atoms with Crippen LogP contribution >= 0.6 is 22.7 Å². The van der Waals surface area contributed by atoms with Crippen molar-refractivity contribution in [3.8, 4) is 6.07 Å². The summed E-state index contributed by atoms with van der Waals surface area (Å²) in [6, 6.07) is 2.22. The number of hydrogen-bond acceptors (Lipinski definition) is 6. The quantitative estimate of drug-likeness (QED) is 0.905. The number of thiophene rings is 1. The third-order valence-corrected chi connectivity index (χ3v) is 5.52. The molecular weight excluding hydrogens is 304 g/mol. The van der Waals surface area contributed by atoms with Crippen LogP contribution in [-0.4, -0.2) is 17.4 Å². The lowest BCUT2D eigenvalue weighted by molar-refractivity contribution is 0.102. The van der Waals surface area contributed by atoms with Crippen molar-refractivity contribution >= 4 is 33.6 Å². The number of nitrogens with zero attached hydrogens (tertiary/aromatic N) is 2. The van der Waals surface area contributed by atoms with Gasteiger partial charge in [0.25, 0.3) is 5.91 Å². The normalized spacial score (nSPS) is 13.0. The second-order valence-corrected chi connectivity index (χ2v) is 6.84. The summed E-state index contributed by atoms with van der Waals surface area (Å²) >= 11 is 2.95. The molecule has 0 unspecified atom stereocenters. The Morgan fingerprint density at radius 2 is 2.38 bits per heavy atom. The third-order valence-electron chi connectivity index (χ3n) is 3.40. The minimum absolute atomic E-state index is 0.258. The van der Waals surface area contributed by atoms with Gasteiger partial charge in [0.2, 0.25) is 0 Å². The molecule has 2 aromatic rings. The molecule has 0 fully saturated rings. The van der Waals surface area contributed by atoms with E-state index in [0.29, 0.717) is 29.2 Å². The van der Waals surface area contributed by atoms with E-state index >= 15 is 0 Å². The Balaban J connectivity index is 1.80. The minimum Gasteiger partial charge on any atom is -0.330 e. The number of fused-ring (bicyclic) bond motifs is 1. The molecule has 0 radical (unpaired) electrons. The Morgan fingerprint density at radius 1 is 1.52 bits per heavy atom. The van der Waals surface area contributed by atoms with E-state index in [1.54, 1.807) is 5.38 Å². The zero-order valence-electron chi connectivity index (χ0n) is 11.3. The fourth-order valence-electron chi connectivity index (χ4n) is 2.43. The summed E-state index contributed by atoms with van der Waals surface area (Å²) in [7, 11) is 0. The van der Waals surface area contributed by atoms with Crippen LogP contribution < -0.4 is 11.1 Å². The number of aromatic nitrogens is 1. The second kappa shape index (κ2) is 5.93. The average Bonchev–Trinajstić information content (AvgIpc) is 3.14. The number of anilines is 1. The fraction of sp³-hybridized carbons (Fsp3) is 0.357. The number of amides is 1. The first-order valence-corrected chi connectivity index (χ1v) is 8.43. The van der Waals surface area contributed by atoms with Crippen molar-refractivity contribution < 1.29 is 4.79 Å². The average molecular weight is 318 g/mol. The molecule has 0 aliphatic heterocycles. The molecule has 0 saturated carbocycles. The van der Waals surface area contributed by atoms with Crippen molar-refractivity contribution in [2.75, 3.05) is 11.9 Å². The first-order chi connectivity index (χ1) is 10.2. The molecule has 0 saturated heterocycles. The van der Waals surface area contributed by atoms with E-state index in [2.05, 4.69) is 16.4 Å². The monoisotopic (exact) mass is 318 g/mol. The smallest absolute Gasteiger partial charge is 0.275 e. The van der Waals surface area contributed by atoms with E-state index in [4.69, 9.17) is 5.73 Å². The van der Waals surface area contributed by atoms with Gasteiger partial charge >= 0.3 is 0 Å². The molecule has 1 aliphatic rings. The first kappa shape index (κ1) is 14.2. The van der Waals surface area contributed by atoms with Crippen LogP contribution in [0.15, 0.2) is 5.38 Å². The van der Waals surface area contributed by atoms with E-state index in [0.717, 1.165) is 29.8 Å². The summed E-state index contributed by atoms with van der Waals surface area (Å²) in [5.74, 6) is -0.258. The molecule has 0 aromatic carbocycles. The number of rotatable bonds is 4. The fourth-order valence-corrected chi connectivity index (χ4v) is 4.46. The van der Waals surface area contributed by atoms with Gasteiger partial charge in [0.1, 0.15) is 16.8 Å². The van der Waals surface area contributed by atoms with Gasteiger partial charge in [-0.3, -0.25) is 4.79 Å². The minimum atomic E-state index is -0.258. The zero-order chi connectivity index (χ0) is 14.8. The van der Waals surface area contributed by atoms with Crippen LogP contribution in [0.25, 0.3) is 0 Å². The Labute approximate surface area is 130 Å². The van der Waals surface area contributed by atoms with Gasteiger partial charge in [0.05, 0.1) is 10.6 Å². The molecule has 0 bridgehead atoms. The lowest BCUT2D eigenvalue weighted by Gasteiger charge is -2.01. The van der Waals surface area contributed by atoms with Crippen molar-refractivity contribution in [1.82, 2.24) is 4.98 Å². The third kappa shape index (κ3) is 2.70. The second-order valence-electron chi connectivity index (χ2n) is 4.79. The standard InChI is InChI=1S/C14H14N4OS2/c15-5-4-12-17-10(7-20-12)13(19)18-14-9(6-16)8-2-1-3-11(8)21-14/h7H,1-5,15H2,(H,18,19). The molecule has 0 atom stereocenters. The summed E-state index contributed by atoms with van der Waals surface area (Å²) < 4.78 is 0. The summed E-state index contributed by atoms with van der Waals surface area (Å²) in [5, 5.41) is 15.4. The number of aryl methyl sites for hydroxylation is 1. The SMILES string of the molecule is N#Cc1c(NC(=O)c2csc(CCN)n2)sc2c1CCC2. The Hall–Kier alpha value is -1.75. The Bertz CT molecular complexity index is 726. The van der Waals surface area contributed by atoms with Crippen molar-refractivity contribution in [3.63, 3.8) is 0 Å². The van der Waals surface area contributed by atoms with E-state index in [-0.39, 0.29) is 5.91 Å². The largest absolute Gasteiger partial charge is 0.330 e. The summed E-state index contributed by atoms with van der Waals surface area (Å²) in [5.41, 5.74) is 7.60. The number of nitrogens with one attached hydrogen (secondary N) is 1. The molecule has 2 aromatic heterocycles. The van der Waals surface area contributed by atoms with Gasteiger partial charge in [-0.15, -0.1) is 22.7 Å². The van der Waals surface area contributed by atoms with E-state index in [9.17, 15) is 10.1 Å². The zero-order valence-corrected chi connectivity index (χ0v) is 12.9. The van der Waals surface area contributed by atoms with E-state index < -0.39 is 0 Å². The van der Waals surface area contributed by atoms with Gasteiger partial charge in [0.15, 0.2) is 0 Å².